The van der Waals surface area contributed by atoms with E-state index < -0.39 is 0 Å². The molecule has 16 heavy (non-hydrogen) atoms. The van der Waals surface area contributed by atoms with Crippen LogP contribution < -0.4 is 16.4 Å². The van der Waals surface area contributed by atoms with Crippen LogP contribution >= 0.6 is 24.8 Å². The first-order chi connectivity index (χ1) is 6.77. The molecule has 0 spiro atoms. The summed E-state index contributed by atoms with van der Waals surface area (Å²) in [6.45, 7) is 3.12. The van der Waals surface area contributed by atoms with E-state index in [1.165, 1.54) is 0 Å². The SMILES string of the molecule is Cl.Cl.Nc1cnc(N2CCOCC2)c(N)c1. The lowest BCUT2D eigenvalue weighted by Crippen LogP contribution is -2.37. The van der Waals surface area contributed by atoms with Gasteiger partial charge >= 0.3 is 0 Å². The fraction of sp³-hybridized carbons (Fsp3) is 0.444. The topological polar surface area (TPSA) is 77.4 Å². The molecule has 1 saturated heterocycles. The second-order valence-corrected chi connectivity index (χ2v) is 3.28. The molecule has 92 valence electrons. The molecule has 0 aromatic carbocycles. The van der Waals surface area contributed by atoms with Gasteiger partial charge < -0.3 is 21.1 Å². The molecule has 5 nitrogen and oxygen atoms in total. The molecule has 0 amide bonds. The predicted molar refractivity (Wildman–Crippen MR) is 70.6 cm³/mol. The molecule has 0 bridgehead atoms. The van der Waals surface area contributed by atoms with E-state index in [0.29, 0.717) is 11.4 Å². The summed E-state index contributed by atoms with van der Waals surface area (Å²) in [5.74, 6) is 0.808. The van der Waals surface area contributed by atoms with Gasteiger partial charge in [-0.25, -0.2) is 4.98 Å². The Bertz CT molecular complexity index is 331. The molecule has 2 heterocycles. The minimum Gasteiger partial charge on any atom is -0.397 e. The number of hydrogen-bond acceptors (Lipinski definition) is 5. The largest absolute Gasteiger partial charge is 0.397 e. The van der Waals surface area contributed by atoms with Crippen molar-refractivity contribution >= 4 is 42.0 Å². The van der Waals surface area contributed by atoms with Crippen LogP contribution in [0.2, 0.25) is 0 Å². The van der Waals surface area contributed by atoms with Crippen LogP contribution in [0.4, 0.5) is 17.2 Å². The molecule has 2 rings (SSSR count). The number of morpholine rings is 1. The Balaban J connectivity index is 0.00000112. The fourth-order valence-corrected chi connectivity index (χ4v) is 1.53. The van der Waals surface area contributed by atoms with E-state index in [4.69, 9.17) is 16.2 Å². The summed E-state index contributed by atoms with van der Waals surface area (Å²) in [5, 5.41) is 0. The van der Waals surface area contributed by atoms with Gasteiger partial charge in [-0.05, 0) is 6.07 Å². The second kappa shape index (κ2) is 6.62. The first kappa shape index (κ1) is 15.1. The van der Waals surface area contributed by atoms with E-state index in [0.717, 1.165) is 32.1 Å². The van der Waals surface area contributed by atoms with Gasteiger partial charge in [-0.3, -0.25) is 0 Å². The minimum atomic E-state index is 0. The second-order valence-electron chi connectivity index (χ2n) is 3.28. The van der Waals surface area contributed by atoms with E-state index in [1.54, 1.807) is 12.3 Å². The third-order valence-electron chi connectivity index (χ3n) is 2.23. The van der Waals surface area contributed by atoms with Crippen molar-refractivity contribution in [1.29, 1.82) is 0 Å². The number of rotatable bonds is 1. The summed E-state index contributed by atoms with van der Waals surface area (Å²) in [6.07, 6.45) is 1.63. The fourth-order valence-electron chi connectivity index (χ4n) is 1.53. The van der Waals surface area contributed by atoms with Gasteiger partial charge in [0.1, 0.15) is 0 Å². The Labute approximate surface area is 107 Å². The van der Waals surface area contributed by atoms with Gasteiger partial charge in [0.15, 0.2) is 5.82 Å². The molecule has 0 unspecified atom stereocenters. The van der Waals surface area contributed by atoms with Gasteiger partial charge in [0.25, 0.3) is 0 Å². The van der Waals surface area contributed by atoms with Crippen LogP contribution in [0, 0.1) is 0 Å². The highest BCUT2D eigenvalue weighted by molar-refractivity contribution is 5.85. The van der Waals surface area contributed by atoms with E-state index in [-0.39, 0.29) is 24.8 Å². The lowest BCUT2D eigenvalue weighted by atomic mass is 10.3. The van der Waals surface area contributed by atoms with E-state index in [1.807, 2.05) is 0 Å². The van der Waals surface area contributed by atoms with Gasteiger partial charge in [-0.2, -0.15) is 0 Å². The molecule has 1 fully saturated rings. The molecule has 0 radical (unpaired) electrons. The van der Waals surface area contributed by atoms with Crippen molar-refractivity contribution in [3.05, 3.63) is 12.3 Å². The van der Waals surface area contributed by atoms with Crippen LogP contribution in [0.3, 0.4) is 0 Å². The third kappa shape index (κ3) is 3.30. The van der Waals surface area contributed by atoms with Gasteiger partial charge in [0.05, 0.1) is 30.8 Å². The standard InChI is InChI=1S/C9H14N4O.2ClH/c10-7-5-8(11)9(12-6-7)13-1-3-14-4-2-13;;/h5-6H,1-4,10-11H2;2*1H. The zero-order valence-electron chi connectivity index (χ0n) is 8.76. The molecular formula is C9H16Cl2N4O. The molecule has 1 aromatic heterocycles. The van der Waals surface area contributed by atoms with Gasteiger partial charge in [0, 0.05) is 13.1 Å². The highest BCUT2D eigenvalue weighted by atomic mass is 35.5. The average Bonchev–Trinajstić information content (AvgIpc) is 2.19. The number of pyridine rings is 1. The zero-order valence-corrected chi connectivity index (χ0v) is 10.4. The number of ether oxygens (including phenoxy) is 1. The molecule has 0 atom stereocenters. The minimum absolute atomic E-state index is 0. The van der Waals surface area contributed by atoms with Crippen molar-refractivity contribution < 1.29 is 4.74 Å². The molecule has 4 N–H and O–H groups in total. The first-order valence-electron chi connectivity index (χ1n) is 4.61. The number of halogens is 2. The van der Waals surface area contributed by atoms with Crippen molar-refractivity contribution in [1.82, 2.24) is 4.98 Å². The summed E-state index contributed by atoms with van der Waals surface area (Å²) in [7, 11) is 0. The van der Waals surface area contributed by atoms with E-state index in [9.17, 15) is 0 Å². The van der Waals surface area contributed by atoms with Crippen molar-refractivity contribution in [2.45, 2.75) is 0 Å². The summed E-state index contributed by atoms with van der Waals surface area (Å²) in [4.78, 5) is 6.33. The van der Waals surface area contributed by atoms with E-state index in [2.05, 4.69) is 9.88 Å². The Morgan fingerprint density at radius 1 is 1.19 bits per heavy atom. The summed E-state index contributed by atoms with van der Waals surface area (Å²) < 4.78 is 5.25. The molecule has 1 aliphatic rings. The molecular weight excluding hydrogens is 251 g/mol. The first-order valence-corrected chi connectivity index (χ1v) is 4.61. The van der Waals surface area contributed by atoms with Crippen molar-refractivity contribution in [2.75, 3.05) is 42.7 Å². The Kier molecular flexibility index (Phi) is 6.25. The summed E-state index contributed by atoms with van der Waals surface area (Å²) >= 11 is 0. The summed E-state index contributed by atoms with van der Waals surface area (Å²) in [6, 6.07) is 1.73. The number of anilines is 3. The van der Waals surface area contributed by atoms with E-state index >= 15 is 0 Å². The highest BCUT2D eigenvalue weighted by Gasteiger charge is 2.14. The Morgan fingerprint density at radius 3 is 2.38 bits per heavy atom. The number of nitrogens with zero attached hydrogens (tertiary/aromatic N) is 2. The van der Waals surface area contributed by atoms with Crippen molar-refractivity contribution in [2.24, 2.45) is 0 Å². The number of aromatic nitrogens is 1. The van der Waals surface area contributed by atoms with Crippen LogP contribution in [0.5, 0.6) is 0 Å². The molecule has 0 saturated carbocycles. The zero-order chi connectivity index (χ0) is 9.97. The van der Waals surface area contributed by atoms with Crippen molar-refractivity contribution in [3.63, 3.8) is 0 Å². The van der Waals surface area contributed by atoms with Crippen LogP contribution in [0.1, 0.15) is 0 Å². The van der Waals surface area contributed by atoms with Crippen LogP contribution in [0.25, 0.3) is 0 Å². The maximum absolute atomic E-state index is 5.83. The Hall–Kier alpha value is -0.910. The van der Waals surface area contributed by atoms with Gasteiger partial charge in [0.2, 0.25) is 0 Å². The van der Waals surface area contributed by atoms with Crippen LogP contribution in [0.15, 0.2) is 12.3 Å². The highest BCUT2D eigenvalue weighted by Crippen LogP contribution is 2.22. The van der Waals surface area contributed by atoms with Gasteiger partial charge in [-0.1, -0.05) is 0 Å². The molecule has 1 aliphatic heterocycles. The Morgan fingerprint density at radius 2 is 1.81 bits per heavy atom. The number of nitrogen functional groups attached to an aromatic ring is 2. The molecule has 1 aromatic rings. The maximum atomic E-state index is 5.83. The van der Waals surface area contributed by atoms with Crippen LogP contribution in [-0.4, -0.2) is 31.3 Å². The normalized spacial score (nSPS) is 14.9. The van der Waals surface area contributed by atoms with Crippen LogP contribution in [-0.2, 0) is 4.74 Å². The van der Waals surface area contributed by atoms with Crippen molar-refractivity contribution in [3.8, 4) is 0 Å². The quantitative estimate of drug-likeness (QED) is 0.791. The lowest BCUT2D eigenvalue weighted by Gasteiger charge is -2.28. The predicted octanol–water partition coefficient (Wildman–Crippen LogP) is 0.926. The average molecular weight is 267 g/mol. The molecule has 7 heteroatoms. The lowest BCUT2D eigenvalue weighted by molar-refractivity contribution is 0.122. The summed E-state index contributed by atoms with van der Waals surface area (Å²) in [5.41, 5.74) is 12.6. The monoisotopic (exact) mass is 266 g/mol. The smallest absolute Gasteiger partial charge is 0.152 e. The number of hydrogen-bond donors (Lipinski definition) is 2. The third-order valence-corrected chi connectivity index (χ3v) is 2.23. The maximum Gasteiger partial charge on any atom is 0.152 e. The molecule has 0 aliphatic carbocycles. The van der Waals surface area contributed by atoms with Gasteiger partial charge in [-0.15, -0.1) is 24.8 Å². The number of nitrogens with two attached hydrogens (primary N) is 2.